The fraction of sp³-hybridized carbons (Fsp3) is 0.0714. The first-order valence-corrected chi connectivity index (χ1v) is 5.76. The molecule has 20 heavy (non-hydrogen) atoms. The summed E-state index contributed by atoms with van der Waals surface area (Å²) >= 11 is 0. The number of rotatable bonds is 4. The van der Waals surface area contributed by atoms with Gasteiger partial charge in [-0.3, -0.25) is 0 Å². The number of para-hydroxylation sites is 1. The molecule has 0 spiro atoms. The molecule has 1 aromatic heterocycles. The van der Waals surface area contributed by atoms with Crippen molar-refractivity contribution in [3.05, 3.63) is 53.7 Å². The van der Waals surface area contributed by atoms with Crippen molar-refractivity contribution in [3.8, 4) is 0 Å². The Balaban J connectivity index is 2.33. The molecule has 1 aromatic carbocycles. The van der Waals surface area contributed by atoms with Gasteiger partial charge in [0.1, 0.15) is 5.82 Å². The second-order valence-corrected chi connectivity index (χ2v) is 3.88. The van der Waals surface area contributed by atoms with Crippen LogP contribution in [0.25, 0.3) is 0 Å². The third-order valence-electron chi connectivity index (χ3n) is 2.56. The number of aromatic nitrogens is 1. The normalized spacial score (nSPS) is 9.85. The number of esters is 1. The summed E-state index contributed by atoms with van der Waals surface area (Å²) in [6.07, 6.45) is 0. The number of carbonyl (C=O) groups excluding carboxylic acids is 1. The minimum absolute atomic E-state index is 0.0782. The minimum Gasteiger partial charge on any atom is -0.477 e. The Kier molecular flexibility index (Phi) is 3.95. The van der Waals surface area contributed by atoms with Gasteiger partial charge in [-0.2, -0.15) is 0 Å². The number of pyridine rings is 1. The summed E-state index contributed by atoms with van der Waals surface area (Å²) in [5, 5.41) is 11.8. The first-order valence-electron chi connectivity index (χ1n) is 5.76. The van der Waals surface area contributed by atoms with Gasteiger partial charge in [0.25, 0.3) is 0 Å². The Bertz CT molecular complexity index is 655. The molecule has 2 aromatic rings. The third-order valence-corrected chi connectivity index (χ3v) is 2.56. The van der Waals surface area contributed by atoms with E-state index < -0.39 is 11.9 Å². The highest BCUT2D eigenvalue weighted by Gasteiger charge is 2.12. The largest absolute Gasteiger partial charge is 0.477 e. The molecule has 0 saturated carbocycles. The number of anilines is 2. The van der Waals surface area contributed by atoms with E-state index in [1.54, 1.807) is 36.4 Å². The van der Waals surface area contributed by atoms with E-state index in [-0.39, 0.29) is 5.69 Å². The van der Waals surface area contributed by atoms with E-state index in [9.17, 15) is 9.59 Å². The monoisotopic (exact) mass is 272 g/mol. The van der Waals surface area contributed by atoms with Crippen LogP contribution in [0.2, 0.25) is 0 Å². The number of hydrogen-bond donors (Lipinski definition) is 2. The summed E-state index contributed by atoms with van der Waals surface area (Å²) in [6, 6.07) is 11.3. The molecule has 0 radical (unpaired) electrons. The molecule has 0 fully saturated rings. The number of hydrogen-bond acceptors (Lipinski definition) is 5. The fourth-order valence-corrected chi connectivity index (χ4v) is 1.64. The van der Waals surface area contributed by atoms with Crippen molar-refractivity contribution in [3.63, 3.8) is 0 Å². The number of benzene rings is 1. The molecule has 2 rings (SSSR count). The molecule has 2 N–H and O–H groups in total. The van der Waals surface area contributed by atoms with Gasteiger partial charge >= 0.3 is 11.9 Å². The van der Waals surface area contributed by atoms with Crippen molar-refractivity contribution in [1.29, 1.82) is 0 Å². The number of carboxylic acids is 1. The summed E-state index contributed by atoms with van der Waals surface area (Å²) < 4.78 is 4.68. The van der Waals surface area contributed by atoms with Gasteiger partial charge in [0.15, 0.2) is 5.69 Å². The van der Waals surface area contributed by atoms with Gasteiger partial charge in [-0.05, 0) is 24.3 Å². The average molecular weight is 272 g/mol. The van der Waals surface area contributed by atoms with Crippen molar-refractivity contribution >= 4 is 23.4 Å². The number of carbonyl (C=O) groups is 2. The highest BCUT2D eigenvalue weighted by molar-refractivity contribution is 5.96. The maximum Gasteiger partial charge on any atom is 0.354 e. The highest BCUT2D eigenvalue weighted by atomic mass is 16.5. The van der Waals surface area contributed by atoms with Gasteiger partial charge in [-0.25, -0.2) is 14.6 Å². The van der Waals surface area contributed by atoms with Crippen LogP contribution >= 0.6 is 0 Å². The number of nitrogens with one attached hydrogen (secondary N) is 1. The maximum atomic E-state index is 11.6. The van der Waals surface area contributed by atoms with Crippen molar-refractivity contribution in [2.75, 3.05) is 12.4 Å². The van der Waals surface area contributed by atoms with Crippen LogP contribution in [0, 0.1) is 0 Å². The van der Waals surface area contributed by atoms with Gasteiger partial charge in [0.05, 0.1) is 18.4 Å². The smallest absolute Gasteiger partial charge is 0.354 e. The molecule has 0 unspecified atom stereocenters. The molecule has 1 heterocycles. The van der Waals surface area contributed by atoms with E-state index in [2.05, 4.69) is 15.0 Å². The van der Waals surface area contributed by atoms with Crippen LogP contribution in [-0.4, -0.2) is 29.1 Å². The van der Waals surface area contributed by atoms with E-state index in [4.69, 9.17) is 5.11 Å². The van der Waals surface area contributed by atoms with Gasteiger partial charge in [-0.15, -0.1) is 0 Å². The van der Waals surface area contributed by atoms with Gasteiger partial charge in [0.2, 0.25) is 0 Å². The standard InChI is InChI=1S/C14H12N2O4/c1-20-14(19)9-5-2-3-6-10(9)15-12-8-4-7-11(16-12)13(17)18/h2-8H,1H3,(H,15,16)(H,17,18). The van der Waals surface area contributed by atoms with E-state index >= 15 is 0 Å². The zero-order valence-electron chi connectivity index (χ0n) is 10.7. The predicted molar refractivity (Wildman–Crippen MR) is 72.3 cm³/mol. The van der Waals surface area contributed by atoms with Crippen LogP contribution in [0.3, 0.4) is 0 Å². The molecule has 0 aliphatic carbocycles. The van der Waals surface area contributed by atoms with E-state index in [0.717, 1.165) is 0 Å². The Morgan fingerprint density at radius 3 is 2.60 bits per heavy atom. The van der Waals surface area contributed by atoms with Gasteiger partial charge in [0, 0.05) is 0 Å². The first-order chi connectivity index (χ1) is 9.61. The molecular formula is C14H12N2O4. The lowest BCUT2D eigenvalue weighted by Crippen LogP contribution is -2.07. The molecule has 0 aliphatic rings. The number of carboxylic acid groups (broad SMARTS) is 1. The van der Waals surface area contributed by atoms with Crippen LogP contribution < -0.4 is 5.32 Å². The third kappa shape index (κ3) is 2.92. The maximum absolute atomic E-state index is 11.6. The Morgan fingerprint density at radius 2 is 1.90 bits per heavy atom. The quantitative estimate of drug-likeness (QED) is 0.830. The number of methoxy groups -OCH3 is 1. The predicted octanol–water partition coefficient (Wildman–Crippen LogP) is 2.31. The lowest BCUT2D eigenvalue weighted by molar-refractivity contribution is 0.0601. The van der Waals surface area contributed by atoms with Crippen molar-refractivity contribution in [2.45, 2.75) is 0 Å². The van der Waals surface area contributed by atoms with Gasteiger partial charge < -0.3 is 15.2 Å². The summed E-state index contributed by atoms with van der Waals surface area (Å²) in [5.74, 6) is -1.27. The molecule has 0 aliphatic heterocycles. The lowest BCUT2D eigenvalue weighted by atomic mass is 10.2. The Labute approximate surface area is 115 Å². The molecule has 0 amide bonds. The number of aromatic carboxylic acids is 1. The second-order valence-electron chi connectivity index (χ2n) is 3.88. The number of ether oxygens (including phenoxy) is 1. The molecule has 0 bridgehead atoms. The minimum atomic E-state index is -1.12. The van der Waals surface area contributed by atoms with Crippen LogP contribution in [0.1, 0.15) is 20.8 Å². The molecule has 102 valence electrons. The van der Waals surface area contributed by atoms with Crippen molar-refractivity contribution in [1.82, 2.24) is 4.98 Å². The van der Waals surface area contributed by atoms with E-state index in [0.29, 0.717) is 17.1 Å². The average Bonchev–Trinajstić information content (AvgIpc) is 2.47. The van der Waals surface area contributed by atoms with Crippen LogP contribution in [0.4, 0.5) is 11.5 Å². The van der Waals surface area contributed by atoms with Crippen LogP contribution in [-0.2, 0) is 4.74 Å². The molecular weight excluding hydrogens is 260 g/mol. The van der Waals surface area contributed by atoms with Gasteiger partial charge in [-0.1, -0.05) is 18.2 Å². The van der Waals surface area contributed by atoms with Crippen LogP contribution in [0.5, 0.6) is 0 Å². The zero-order chi connectivity index (χ0) is 14.5. The highest BCUT2D eigenvalue weighted by Crippen LogP contribution is 2.20. The van der Waals surface area contributed by atoms with Crippen LogP contribution in [0.15, 0.2) is 42.5 Å². The lowest BCUT2D eigenvalue weighted by Gasteiger charge is -2.10. The summed E-state index contributed by atoms with van der Waals surface area (Å²) in [7, 11) is 1.29. The molecule has 0 atom stereocenters. The number of nitrogens with zero attached hydrogens (tertiary/aromatic N) is 1. The summed E-state index contributed by atoms with van der Waals surface area (Å²) in [4.78, 5) is 26.4. The summed E-state index contributed by atoms with van der Waals surface area (Å²) in [5.41, 5.74) is 0.762. The van der Waals surface area contributed by atoms with E-state index in [1.807, 2.05) is 0 Å². The second kappa shape index (κ2) is 5.83. The Hall–Kier alpha value is -2.89. The SMILES string of the molecule is COC(=O)c1ccccc1Nc1cccc(C(=O)O)n1. The molecule has 6 nitrogen and oxygen atoms in total. The first kappa shape index (κ1) is 13.5. The fourth-order valence-electron chi connectivity index (χ4n) is 1.64. The molecule has 0 saturated heterocycles. The van der Waals surface area contributed by atoms with E-state index in [1.165, 1.54) is 13.2 Å². The van der Waals surface area contributed by atoms with Crippen molar-refractivity contribution in [2.24, 2.45) is 0 Å². The molecule has 6 heteroatoms. The van der Waals surface area contributed by atoms with Crippen molar-refractivity contribution < 1.29 is 19.4 Å². The summed E-state index contributed by atoms with van der Waals surface area (Å²) in [6.45, 7) is 0. The topological polar surface area (TPSA) is 88.5 Å². The Morgan fingerprint density at radius 1 is 1.15 bits per heavy atom. The zero-order valence-corrected chi connectivity index (χ0v) is 10.7.